The van der Waals surface area contributed by atoms with E-state index in [2.05, 4.69) is 194 Å². The molecule has 0 bridgehead atoms. The number of aromatic nitrogens is 3. The van der Waals surface area contributed by atoms with Crippen LogP contribution in [0.3, 0.4) is 0 Å². The average Bonchev–Trinajstić information content (AvgIpc) is 3.29. The van der Waals surface area contributed by atoms with Gasteiger partial charge in [0.25, 0.3) is 0 Å². The highest BCUT2D eigenvalue weighted by atomic mass is 14.9. The van der Waals surface area contributed by atoms with Gasteiger partial charge in [-0.2, -0.15) is 0 Å². The third kappa shape index (κ3) is 6.31. The molecule has 262 valence electrons. The fourth-order valence-electron chi connectivity index (χ4n) is 7.68. The molecule has 8 aromatic carbocycles. The Balaban J connectivity index is 1.16. The molecule has 0 atom stereocenters. The van der Waals surface area contributed by atoms with E-state index in [-0.39, 0.29) is 0 Å². The molecule has 0 spiro atoms. The van der Waals surface area contributed by atoms with Crippen molar-refractivity contribution >= 4 is 21.7 Å². The van der Waals surface area contributed by atoms with Crippen molar-refractivity contribution in [2.24, 2.45) is 0 Å². The molecular weight excluding hydrogens is 679 g/mol. The molecule has 56 heavy (non-hydrogen) atoms. The van der Waals surface area contributed by atoms with Gasteiger partial charge in [0.05, 0.1) is 22.6 Å². The summed E-state index contributed by atoms with van der Waals surface area (Å²) in [6.45, 7) is 0. The van der Waals surface area contributed by atoms with Gasteiger partial charge >= 0.3 is 0 Å². The van der Waals surface area contributed by atoms with Crippen molar-refractivity contribution in [1.82, 2.24) is 15.0 Å². The van der Waals surface area contributed by atoms with E-state index in [1.54, 1.807) is 0 Å². The van der Waals surface area contributed by atoms with Gasteiger partial charge in [-0.3, -0.25) is 0 Å². The van der Waals surface area contributed by atoms with Gasteiger partial charge in [0.1, 0.15) is 0 Å². The minimum atomic E-state index is 0.678. The molecule has 0 aliphatic rings. The molecule has 0 saturated heterocycles. The summed E-state index contributed by atoms with van der Waals surface area (Å²) in [6, 6.07) is 74.4. The van der Waals surface area contributed by atoms with Crippen molar-refractivity contribution in [3.63, 3.8) is 0 Å². The van der Waals surface area contributed by atoms with Crippen LogP contribution in [-0.2, 0) is 0 Å². The van der Waals surface area contributed by atoms with Gasteiger partial charge in [-0.25, -0.2) is 15.0 Å². The summed E-state index contributed by atoms with van der Waals surface area (Å²) in [5.41, 5.74) is 14.8. The quantitative estimate of drug-likeness (QED) is 0.154. The van der Waals surface area contributed by atoms with Gasteiger partial charge in [-0.05, 0) is 62.4 Å². The van der Waals surface area contributed by atoms with E-state index in [0.29, 0.717) is 5.82 Å². The summed E-state index contributed by atoms with van der Waals surface area (Å²) in [4.78, 5) is 15.8. The van der Waals surface area contributed by atoms with E-state index >= 15 is 0 Å². The Morgan fingerprint density at radius 1 is 0.250 bits per heavy atom. The Kier molecular flexibility index (Phi) is 8.51. The zero-order chi connectivity index (χ0) is 37.3. The Hall–Kier alpha value is -7.49. The number of hydrogen-bond acceptors (Lipinski definition) is 3. The predicted octanol–water partition coefficient (Wildman–Crippen LogP) is 13.8. The number of fused-ring (bicyclic) bond motifs is 3. The van der Waals surface area contributed by atoms with E-state index in [1.807, 2.05) is 18.2 Å². The highest BCUT2D eigenvalue weighted by Crippen LogP contribution is 2.40. The van der Waals surface area contributed by atoms with Crippen LogP contribution < -0.4 is 0 Å². The summed E-state index contributed by atoms with van der Waals surface area (Å²) in [6.07, 6.45) is 0. The van der Waals surface area contributed by atoms with Crippen LogP contribution in [-0.4, -0.2) is 15.0 Å². The molecule has 10 rings (SSSR count). The minimum absolute atomic E-state index is 0.678. The summed E-state index contributed by atoms with van der Waals surface area (Å²) in [5, 5.41) is 3.30. The molecule has 0 fully saturated rings. The molecule has 0 amide bonds. The maximum Gasteiger partial charge on any atom is 0.161 e. The Morgan fingerprint density at radius 2 is 0.679 bits per heavy atom. The van der Waals surface area contributed by atoms with Crippen LogP contribution in [0.2, 0.25) is 0 Å². The van der Waals surface area contributed by atoms with Gasteiger partial charge in [-0.1, -0.05) is 194 Å². The third-order valence-corrected chi connectivity index (χ3v) is 10.5. The molecule has 0 saturated carbocycles. The largest absolute Gasteiger partial charge is 0.248 e. The zero-order valence-corrected chi connectivity index (χ0v) is 30.5. The molecule has 2 aromatic heterocycles. The molecule has 0 aliphatic carbocycles. The highest BCUT2D eigenvalue weighted by Gasteiger charge is 2.17. The van der Waals surface area contributed by atoms with Crippen molar-refractivity contribution in [2.75, 3.05) is 0 Å². The third-order valence-electron chi connectivity index (χ3n) is 10.5. The Bertz CT molecular complexity index is 2860. The Morgan fingerprint density at radius 3 is 1.21 bits per heavy atom. The molecule has 10 aromatic rings. The average molecular weight is 714 g/mol. The van der Waals surface area contributed by atoms with Crippen molar-refractivity contribution in [3.8, 4) is 78.5 Å². The first-order chi connectivity index (χ1) is 27.7. The van der Waals surface area contributed by atoms with Gasteiger partial charge < -0.3 is 0 Å². The van der Waals surface area contributed by atoms with Gasteiger partial charge in [0.2, 0.25) is 0 Å². The number of benzene rings is 8. The van der Waals surface area contributed by atoms with Crippen LogP contribution in [0.1, 0.15) is 0 Å². The summed E-state index contributed by atoms with van der Waals surface area (Å²) in [5.74, 6) is 0.678. The van der Waals surface area contributed by atoms with E-state index in [4.69, 9.17) is 15.0 Å². The van der Waals surface area contributed by atoms with Crippen LogP contribution in [0.25, 0.3) is 100 Å². The maximum absolute atomic E-state index is 5.30. The predicted molar refractivity (Wildman–Crippen MR) is 233 cm³/mol. The van der Waals surface area contributed by atoms with Crippen molar-refractivity contribution in [3.05, 3.63) is 212 Å². The lowest BCUT2D eigenvalue weighted by atomic mass is 9.93. The summed E-state index contributed by atoms with van der Waals surface area (Å²) >= 11 is 0. The first-order valence-corrected chi connectivity index (χ1v) is 18.9. The van der Waals surface area contributed by atoms with Crippen LogP contribution in [0.5, 0.6) is 0 Å². The monoisotopic (exact) mass is 713 g/mol. The van der Waals surface area contributed by atoms with Crippen molar-refractivity contribution < 1.29 is 0 Å². The van der Waals surface area contributed by atoms with Crippen LogP contribution >= 0.6 is 0 Å². The van der Waals surface area contributed by atoms with E-state index in [1.165, 1.54) is 22.3 Å². The minimum Gasteiger partial charge on any atom is -0.248 e. The molecule has 0 radical (unpaired) electrons. The van der Waals surface area contributed by atoms with Gasteiger partial charge in [-0.15, -0.1) is 0 Å². The van der Waals surface area contributed by atoms with Crippen LogP contribution in [0.4, 0.5) is 0 Å². The number of hydrogen-bond donors (Lipinski definition) is 0. The van der Waals surface area contributed by atoms with Crippen LogP contribution in [0.15, 0.2) is 212 Å². The summed E-state index contributed by atoms with van der Waals surface area (Å²) in [7, 11) is 0. The second-order valence-corrected chi connectivity index (χ2v) is 14.0. The fourth-order valence-corrected chi connectivity index (χ4v) is 7.68. The number of rotatable bonds is 7. The molecule has 0 aliphatic heterocycles. The standard InChI is InChI=1S/C53H35N3/c1-5-14-36(15-6-1)38-24-28-42(29-25-38)50-35-51(43-30-26-39(27-31-43)37-16-7-2-8-17-37)56-53(55-50)46-23-13-22-45-44(46)32-33-48-52(45)47(40-18-9-3-10-19-40)34-49(54-48)41-20-11-4-12-21-41/h1-35H. The van der Waals surface area contributed by atoms with Crippen LogP contribution in [0, 0.1) is 0 Å². The molecule has 0 unspecified atom stereocenters. The number of nitrogens with zero attached hydrogens (tertiary/aromatic N) is 3. The Labute approximate surface area is 326 Å². The SMILES string of the molecule is c1ccc(-c2ccc(-c3cc(-c4ccc(-c5ccccc5)cc4)nc(-c4cccc5c4ccc4nc(-c6ccccc6)cc(-c6ccccc6)c45)n3)cc2)cc1. The molecule has 2 heterocycles. The summed E-state index contributed by atoms with van der Waals surface area (Å²) < 4.78 is 0. The topological polar surface area (TPSA) is 38.7 Å². The lowest BCUT2D eigenvalue weighted by Gasteiger charge is -2.15. The first-order valence-electron chi connectivity index (χ1n) is 18.9. The van der Waals surface area contributed by atoms with E-state index in [0.717, 1.165) is 72.1 Å². The normalized spacial score (nSPS) is 11.2. The smallest absolute Gasteiger partial charge is 0.161 e. The first kappa shape index (κ1) is 33.1. The van der Waals surface area contributed by atoms with Crippen molar-refractivity contribution in [1.29, 1.82) is 0 Å². The van der Waals surface area contributed by atoms with E-state index < -0.39 is 0 Å². The number of pyridine rings is 1. The van der Waals surface area contributed by atoms with Crippen molar-refractivity contribution in [2.45, 2.75) is 0 Å². The fraction of sp³-hybridized carbons (Fsp3) is 0. The highest BCUT2D eigenvalue weighted by molar-refractivity contribution is 6.16. The second kappa shape index (κ2) is 14.4. The van der Waals surface area contributed by atoms with Gasteiger partial charge in [0.15, 0.2) is 5.82 Å². The maximum atomic E-state index is 5.30. The lowest BCUT2D eigenvalue weighted by Crippen LogP contribution is -1.97. The van der Waals surface area contributed by atoms with E-state index in [9.17, 15) is 0 Å². The molecule has 0 N–H and O–H groups in total. The molecule has 3 heteroatoms. The molecular formula is C53H35N3. The van der Waals surface area contributed by atoms with Gasteiger partial charge in [0, 0.05) is 27.6 Å². The second-order valence-electron chi connectivity index (χ2n) is 14.0. The lowest BCUT2D eigenvalue weighted by molar-refractivity contribution is 1.19. The zero-order valence-electron chi connectivity index (χ0n) is 30.5. The molecule has 3 nitrogen and oxygen atoms in total.